The van der Waals surface area contributed by atoms with E-state index in [1.165, 1.54) is 12.3 Å². The minimum atomic E-state index is -0.669. The van der Waals surface area contributed by atoms with E-state index in [0.717, 1.165) is 18.1 Å². The second-order valence-electron chi connectivity index (χ2n) is 4.35. The molecule has 1 heterocycles. The largest absolute Gasteiger partial charge is 0.345 e. The minimum absolute atomic E-state index is 0.143. The van der Waals surface area contributed by atoms with E-state index in [0.29, 0.717) is 5.02 Å². The first-order chi connectivity index (χ1) is 9.60. The summed E-state index contributed by atoms with van der Waals surface area (Å²) >= 11 is 5.84. The Bertz CT molecular complexity index is 601. The molecule has 104 valence electrons. The molecular weight excluding hydrogens is 279 g/mol. The molecule has 1 aromatic carbocycles. The van der Waals surface area contributed by atoms with Gasteiger partial charge in [-0.25, -0.2) is 4.98 Å². The fraction of sp³-hybridized carbons (Fsp3) is 0.200. The molecule has 0 aliphatic rings. The van der Waals surface area contributed by atoms with Crippen LogP contribution in [0.3, 0.4) is 0 Å². The number of nitrogens with one attached hydrogen (secondary N) is 1. The molecule has 0 bridgehead atoms. The molecule has 5 heteroatoms. The number of hydrogen-bond acceptors (Lipinski definition) is 2. The quantitative estimate of drug-likeness (QED) is 0.872. The summed E-state index contributed by atoms with van der Waals surface area (Å²) < 4.78 is 13.0. The molecule has 1 aromatic heterocycles. The van der Waals surface area contributed by atoms with Crippen molar-refractivity contribution in [1.29, 1.82) is 0 Å². The number of halogens is 2. The molecule has 1 amide bonds. The first kappa shape index (κ1) is 14.5. The SMILES string of the molecule is CCC(NC(=O)c1ccnc(F)c1)c1ccc(Cl)cc1. The van der Waals surface area contributed by atoms with Gasteiger partial charge in [-0.2, -0.15) is 4.39 Å². The number of amides is 1. The number of rotatable bonds is 4. The zero-order valence-corrected chi connectivity index (χ0v) is 11.7. The summed E-state index contributed by atoms with van der Waals surface area (Å²) in [4.78, 5) is 15.5. The molecule has 0 spiro atoms. The van der Waals surface area contributed by atoms with Gasteiger partial charge in [-0.1, -0.05) is 30.7 Å². The molecule has 0 aliphatic heterocycles. The van der Waals surface area contributed by atoms with Crippen LogP contribution in [0.5, 0.6) is 0 Å². The minimum Gasteiger partial charge on any atom is -0.345 e. The second-order valence-corrected chi connectivity index (χ2v) is 4.79. The van der Waals surface area contributed by atoms with Gasteiger partial charge in [0, 0.05) is 22.8 Å². The van der Waals surface area contributed by atoms with Gasteiger partial charge < -0.3 is 5.32 Å². The number of pyridine rings is 1. The Morgan fingerprint density at radius 2 is 2.05 bits per heavy atom. The standard InChI is InChI=1S/C15H14ClFN2O/c1-2-13(10-3-5-12(16)6-4-10)19-15(20)11-7-8-18-14(17)9-11/h3-9,13H,2H2,1H3,(H,19,20). The molecule has 1 unspecified atom stereocenters. The highest BCUT2D eigenvalue weighted by Gasteiger charge is 2.14. The maximum absolute atomic E-state index is 13.0. The van der Waals surface area contributed by atoms with Gasteiger partial charge in [-0.3, -0.25) is 4.79 Å². The summed E-state index contributed by atoms with van der Waals surface area (Å²) in [5.74, 6) is -0.995. The van der Waals surface area contributed by atoms with Gasteiger partial charge in [0.2, 0.25) is 5.95 Å². The van der Waals surface area contributed by atoms with Gasteiger partial charge in [-0.05, 0) is 30.2 Å². The van der Waals surface area contributed by atoms with Crippen LogP contribution in [0.4, 0.5) is 4.39 Å². The summed E-state index contributed by atoms with van der Waals surface area (Å²) in [6.07, 6.45) is 1.99. The highest BCUT2D eigenvalue weighted by atomic mass is 35.5. The lowest BCUT2D eigenvalue weighted by molar-refractivity contribution is 0.0935. The lowest BCUT2D eigenvalue weighted by Gasteiger charge is -2.17. The number of hydrogen-bond donors (Lipinski definition) is 1. The van der Waals surface area contributed by atoms with Crippen LogP contribution in [0.1, 0.15) is 35.3 Å². The van der Waals surface area contributed by atoms with E-state index in [2.05, 4.69) is 10.3 Å². The summed E-state index contributed by atoms with van der Waals surface area (Å²) in [6.45, 7) is 1.96. The number of carbonyl (C=O) groups is 1. The lowest BCUT2D eigenvalue weighted by atomic mass is 10.0. The predicted molar refractivity (Wildman–Crippen MR) is 76.1 cm³/mol. The third kappa shape index (κ3) is 3.54. The van der Waals surface area contributed by atoms with Crippen LogP contribution in [0.25, 0.3) is 0 Å². The van der Waals surface area contributed by atoms with Gasteiger partial charge in [-0.15, -0.1) is 0 Å². The topological polar surface area (TPSA) is 42.0 Å². The molecule has 1 N–H and O–H groups in total. The number of benzene rings is 1. The Hall–Kier alpha value is -1.94. The summed E-state index contributed by atoms with van der Waals surface area (Å²) in [5, 5.41) is 3.51. The van der Waals surface area contributed by atoms with Crippen LogP contribution in [-0.4, -0.2) is 10.9 Å². The molecule has 0 radical (unpaired) electrons. The van der Waals surface area contributed by atoms with Gasteiger partial charge in [0.1, 0.15) is 0 Å². The Morgan fingerprint density at radius 3 is 2.65 bits per heavy atom. The van der Waals surface area contributed by atoms with Gasteiger partial charge in [0.25, 0.3) is 5.91 Å². The third-order valence-electron chi connectivity index (χ3n) is 2.97. The molecule has 0 saturated carbocycles. The lowest BCUT2D eigenvalue weighted by Crippen LogP contribution is -2.28. The molecule has 1 atom stereocenters. The molecule has 2 rings (SSSR count). The van der Waals surface area contributed by atoms with Gasteiger partial charge >= 0.3 is 0 Å². The molecule has 0 saturated heterocycles. The zero-order chi connectivity index (χ0) is 14.5. The van der Waals surface area contributed by atoms with Crippen molar-refractivity contribution in [3.8, 4) is 0 Å². The Balaban J connectivity index is 2.14. The monoisotopic (exact) mass is 292 g/mol. The van der Waals surface area contributed by atoms with Crippen molar-refractivity contribution in [3.05, 3.63) is 64.7 Å². The first-order valence-electron chi connectivity index (χ1n) is 6.28. The van der Waals surface area contributed by atoms with Gasteiger partial charge in [0.05, 0.1) is 6.04 Å². The van der Waals surface area contributed by atoms with E-state index in [9.17, 15) is 9.18 Å². The molecule has 0 aliphatic carbocycles. The van der Waals surface area contributed by atoms with E-state index in [-0.39, 0.29) is 17.5 Å². The van der Waals surface area contributed by atoms with E-state index in [4.69, 9.17) is 11.6 Å². The highest BCUT2D eigenvalue weighted by molar-refractivity contribution is 6.30. The maximum atomic E-state index is 13.0. The Kier molecular flexibility index (Phi) is 4.69. The van der Waals surface area contributed by atoms with Crippen LogP contribution < -0.4 is 5.32 Å². The van der Waals surface area contributed by atoms with E-state index in [1.54, 1.807) is 12.1 Å². The van der Waals surface area contributed by atoms with Crippen molar-refractivity contribution in [3.63, 3.8) is 0 Å². The fourth-order valence-electron chi connectivity index (χ4n) is 1.90. The normalized spacial score (nSPS) is 11.9. The number of nitrogens with zero attached hydrogens (tertiary/aromatic N) is 1. The van der Waals surface area contributed by atoms with Crippen LogP contribution >= 0.6 is 11.6 Å². The van der Waals surface area contributed by atoms with Crippen LogP contribution in [0.2, 0.25) is 5.02 Å². The van der Waals surface area contributed by atoms with E-state index < -0.39 is 5.95 Å². The molecule has 0 fully saturated rings. The summed E-state index contributed by atoms with van der Waals surface area (Å²) in [7, 11) is 0. The van der Waals surface area contributed by atoms with E-state index in [1.807, 2.05) is 19.1 Å². The van der Waals surface area contributed by atoms with Crippen molar-refractivity contribution in [1.82, 2.24) is 10.3 Å². The first-order valence-corrected chi connectivity index (χ1v) is 6.66. The maximum Gasteiger partial charge on any atom is 0.251 e. The Morgan fingerprint density at radius 1 is 1.35 bits per heavy atom. The third-order valence-corrected chi connectivity index (χ3v) is 3.23. The smallest absolute Gasteiger partial charge is 0.251 e. The average molecular weight is 293 g/mol. The summed E-state index contributed by atoms with van der Waals surface area (Å²) in [5.41, 5.74) is 1.21. The molecule has 20 heavy (non-hydrogen) atoms. The van der Waals surface area contributed by atoms with E-state index >= 15 is 0 Å². The van der Waals surface area contributed by atoms with Crippen LogP contribution in [0.15, 0.2) is 42.6 Å². The van der Waals surface area contributed by atoms with Crippen molar-refractivity contribution >= 4 is 17.5 Å². The summed E-state index contributed by atoms with van der Waals surface area (Å²) in [6, 6.07) is 9.73. The van der Waals surface area contributed by atoms with Crippen molar-refractivity contribution in [2.24, 2.45) is 0 Å². The Labute approximate surface area is 121 Å². The average Bonchev–Trinajstić information content (AvgIpc) is 2.45. The van der Waals surface area contributed by atoms with Crippen molar-refractivity contribution in [2.75, 3.05) is 0 Å². The molecular formula is C15H14ClFN2O. The highest BCUT2D eigenvalue weighted by Crippen LogP contribution is 2.19. The zero-order valence-electron chi connectivity index (χ0n) is 10.9. The van der Waals surface area contributed by atoms with Crippen molar-refractivity contribution < 1.29 is 9.18 Å². The van der Waals surface area contributed by atoms with Crippen LogP contribution in [-0.2, 0) is 0 Å². The fourth-order valence-corrected chi connectivity index (χ4v) is 2.03. The second kappa shape index (κ2) is 6.48. The predicted octanol–water partition coefficient (Wildman–Crippen LogP) is 3.76. The number of carbonyl (C=O) groups excluding carboxylic acids is 1. The van der Waals surface area contributed by atoms with Crippen LogP contribution in [0, 0.1) is 5.95 Å². The van der Waals surface area contributed by atoms with Gasteiger partial charge in [0.15, 0.2) is 0 Å². The molecule has 2 aromatic rings. The van der Waals surface area contributed by atoms with Crippen molar-refractivity contribution in [2.45, 2.75) is 19.4 Å². The number of aromatic nitrogens is 1. The molecule has 3 nitrogen and oxygen atoms in total.